The second-order valence-electron chi connectivity index (χ2n) is 5.20. The van der Waals surface area contributed by atoms with E-state index in [1.165, 1.54) is 18.2 Å². The second kappa shape index (κ2) is 5.25. The van der Waals surface area contributed by atoms with Gasteiger partial charge in [-0.15, -0.1) is 0 Å². The highest BCUT2D eigenvalue weighted by molar-refractivity contribution is 6.34. The predicted octanol–water partition coefficient (Wildman–Crippen LogP) is 4.22. The van der Waals surface area contributed by atoms with Crippen molar-refractivity contribution in [2.24, 2.45) is 0 Å². The first kappa shape index (κ1) is 14.5. The van der Waals surface area contributed by atoms with Crippen LogP contribution in [0.15, 0.2) is 42.5 Å². The molecule has 0 aliphatic heterocycles. The average Bonchev–Trinajstić information content (AvgIpc) is 2.41. The summed E-state index contributed by atoms with van der Waals surface area (Å²) in [5, 5.41) is 0.250. The van der Waals surface area contributed by atoms with Crippen LogP contribution < -0.4 is 5.73 Å². The van der Waals surface area contributed by atoms with E-state index in [4.69, 9.17) is 17.3 Å². The van der Waals surface area contributed by atoms with E-state index in [1.807, 2.05) is 0 Å². The van der Waals surface area contributed by atoms with Gasteiger partial charge in [0.05, 0.1) is 10.4 Å². The fourth-order valence-electron chi connectivity index (χ4n) is 2.04. The Morgan fingerprint density at radius 1 is 1.15 bits per heavy atom. The molecule has 2 N–H and O–H groups in total. The topological polar surface area (TPSA) is 43.1 Å². The summed E-state index contributed by atoms with van der Waals surface area (Å²) >= 11 is 6.00. The summed E-state index contributed by atoms with van der Waals surface area (Å²) in [6, 6.07) is 10.8. The lowest BCUT2D eigenvalue weighted by Gasteiger charge is -2.24. The second-order valence-corrected chi connectivity index (χ2v) is 5.61. The van der Waals surface area contributed by atoms with E-state index in [2.05, 4.69) is 0 Å². The van der Waals surface area contributed by atoms with E-state index in [0.717, 1.165) is 5.56 Å². The van der Waals surface area contributed by atoms with E-state index >= 15 is 0 Å². The number of carbonyl (C=O) groups excluding carboxylic acids is 1. The van der Waals surface area contributed by atoms with Crippen LogP contribution in [-0.4, -0.2) is 5.78 Å². The molecule has 0 radical (unpaired) electrons. The molecule has 0 unspecified atom stereocenters. The fraction of sp³-hybridized carbons (Fsp3) is 0.188. The van der Waals surface area contributed by atoms with Crippen LogP contribution in [0.4, 0.5) is 10.1 Å². The van der Waals surface area contributed by atoms with E-state index in [9.17, 15) is 9.18 Å². The molecule has 2 nitrogen and oxygen atoms in total. The summed E-state index contributed by atoms with van der Waals surface area (Å²) in [6.07, 6.45) is 0. The molecule has 20 heavy (non-hydrogen) atoms. The third-order valence-corrected chi connectivity index (χ3v) is 3.70. The molecule has 0 saturated heterocycles. The number of rotatable bonds is 3. The van der Waals surface area contributed by atoms with Gasteiger partial charge in [-0.25, -0.2) is 4.39 Å². The molecular formula is C16H15ClFNO. The molecule has 2 aromatic carbocycles. The number of ketones is 1. The average molecular weight is 292 g/mol. The van der Waals surface area contributed by atoms with Crippen LogP contribution >= 0.6 is 11.6 Å². The number of carbonyl (C=O) groups is 1. The molecule has 0 aliphatic rings. The maximum Gasteiger partial charge on any atom is 0.174 e. The van der Waals surface area contributed by atoms with Gasteiger partial charge in [0.25, 0.3) is 0 Å². The van der Waals surface area contributed by atoms with Crippen molar-refractivity contribution < 1.29 is 9.18 Å². The number of halogens is 2. The van der Waals surface area contributed by atoms with Crippen LogP contribution in [0.3, 0.4) is 0 Å². The van der Waals surface area contributed by atoms with Crippen molar-refractivity contribution in [3.8, 4) is 0 Å². The van der Waals surface area contributed by atoms with Crippen molar-refractivity contribution >= 4 is 23.1 Å². The third kappa shape index (κ3) is 2.68. The predicted molar refractivity (Wildman–Crippen MR) is 79.6 cm³/mol. The molecule has 4 heteroatoms. The smallest absolute Gasteiger partial charge is 0.174 e. The lowest BCUT2D eigenvalue weighted by Crippen LogP contribution is -2.29. The first-order chi connectivity index (χ1) is 9.32. The van der Waals surface area contributed by atoms with Gasteiger partial charge in [0.1, 0.15) is 5.82 Å². The molecule has 0 heterocycles. The number of nitrogen functional groups attached to an aromatic ring is 1. The maximum absolute atomic E-state index is 13.3. The van der Waals surface area contributed by atoms with Gasteiger partial charge >= 0.3 is 0 Å². The molecule has 0 spiro atoms. The van der Waals surface area contributed by atoms with Crippen molar-refractivity contribution in [2.75, 3.05) is 5.73 Å². The van der Waals surface area contributed by atoms with E-state index in [1.54, 1.807) is 38.1 Å². The van der Waals surface area contributed by atoms with Crippen molar-refractivity contribution in [3.05, 3.63) is 64.4 Å². The molecule has 2 rings (SSSR count). The molecule has 2 aromatic rings. The molecule has 104 valence electrons. The van der Waals surface area contributed by atoms with E-state index in [0.29, 0.717) is 5.69 Å². The molecular weight excluding hydrogens is 277 g/mol. The Hall–Kier alpha value is -1.87. The molecule has 0 amide bonds. The Morgan fingerprint density at radius 2 is 1.75 bits per heavy atom. The first-order valence-corrected chi connectivity index (χ1v) is 6.56. The van der Waals surface area contributed by atoms with Gasteiger partial charge in [-0.05, 0) is 49.7 Å². The Labute approximate surface area is 122 Å². The number of hydrogen-bond acceptors (Lipinski definition) is 2. The number of Topliss-reactive ketones (excluding diaryl/α,β-unsaturated/α-hetero) is 1. The van der Waals surface area contributed by atoms with Crippen molar-refractivity contribution in [2.45, 2.75) is 19.3 Å². The van der Waals surface area contributed by atoms with Crippen LogP contribution in [-0.2, 0) is 5.41 Å². The van der Waals surface area contributed by atoms with Crippen molar-refractivity contribution in [1.82, 2.24) is 0 Å². The highest BCUT2D eigenvalue weighted by Crippen LogP contribution is 2.31. The van der Waals surface area contributed by atoms with Crippen LogP contribution in [0.5, 0.6) is 0 Å². The minimum absolute atomic E-state index is 0.188. The van der Waals surface area contributed by atoms with E-state index < -0.39 is 11.2 Å². The maximum atomic E-state index is 13.3. The molecule has 0 fully saturated rings. The SMILES string of the molecule is CC(C)(C(=O)c1cc(F)ccc1Cl)c1ccc(N)cc1. The normalized spacial score (nSPS) is 11.4. The molecule has 0 aliphatic carbocycles. The first-order valence-electron chi connectivity index (χ1n) is 6.18. The fourth-order valence-corrected chi connectivity index (χ4v) is 2.24. The Morgan fingerprint density at radius 3 is 2.35 bits per heavy atom. The lowest BCUT2D eigenvalue weighted by molar-refractivity contribution is 0.0908. The van der Waals surface area contributed by atoms with Gasteiger partial charge in [0.15, 0.2) is 5.78 Å². The Kier molecular flexibility index (Phi) is 3.82. The number of hydrogen-bond donors (Lipinski definition) is 1. The van der Waals surface area contributed by atoms with Gasteiger partial charge in [-0.2, -0.15) is 0 Å². The van der Waals surface area contributed by atoms with Gasteiger partial charge in [-0.1, -0.05) is 23.7 Å². The summed E-state index contributed by atoms with van der Waals surface area (Å²) in [6.45, 7) is 3.56. The Bertz CT molecular complexity index is 650. The molecule has 0 atom stereocenters. The highest BCUT2D eigenvalue weighted by atomic mass is 35.5. The number of benzene rings is 2. The molecule has 0 saturated carbocycles. The zero-order valence-electron chi connectivity index (χ0n) is 11.3. The van der Waals surface area contributed by atoms with Crippen molar-refractivity contribution in [3.63, 3.8) is 0 Å². The number of nitrogens with two attached hydrogens (primary N) is 1. The van der Waals surface area contributed by atoms with Gasteiger partial charge < -0.3 is 5.73 Å². The monoisotopic (exact) mass is 291 g/mol. The largest absolute Gasteiger partial charge is 0.399 e. The van der Waals surface area contributed by atoms with E-state index in [-0.39, 0.29) is 16.4 Å². The standard InChI is InChI=1S/C16H15ClFNO/c1-16(2,10-3-6-12(19)7-4-10)15(20)13-9-11(18)5-8-14(13)17/h3-9H,19H2,1-2H3. The molecule has 0 aromatic heterocycles. The van der Waals surface area contributed by atoms with Gasteiger partial charge in [0, 0.05) is 11.3 Å². The van der Waals surface area contributed by atoms with Gasteiger partial charge in [0.2, 0.25) is 0 Å². The third-order valence-electron chi connectivity index (χ3n) is 3.37. The summed E-state index contributed by atoms with van der Waals surface area (Å²) in [7, 11) is 0. The van der Waals surface area contributed by atoms with Crippen LogP contribution in [0.1, 0.15) is 29.8 Å². The highest BCUT2D eigenvalue weighted by Gasteiger charge is 2.32. The van der Waals surface area contributed by atoms with Crippen LogP contribution in [0.25, 0.3) is 0 Å². The minimum Gasteiger partial charge on any atom is -0.399 e. The quantitative estimate of drug-likeness (QED) is 0.679. The number of anilines is 1. The van der Waals surface area contributed by atoms with Crippen LogP contribution in [0, 0.1) is 5.82 Å². The van der Waals surface area contributed by atoms with Gasteiger partial charge in [-0.3, -0.25) is 4.79 Å². The summed E-state index contributed by atoms with van der Waals surface area (Å²) in [4.78, 5) is 12.6. The zero-order chi connectivity index (χ0) is 14.9. The lowest BCUT2D eigenvalue weighted by atomic mass is 9.78. The summed E-state index contributed by atoms with van der Waals surface area (Å²) in [5.74, 6) is -0.711. The van der Waals surface area contributed by atoms with Crippen LogP contribution in [0.2, 0.25) is 5.02 Å². The zero-order valence-corrected chi connectivity index (χ0v) is 12.0. The summed E-state index contributed by atoms with van der Waals surface area (Å²) < 4.78 is 13.3. The molecule has 0 bridgehead atoms. The Balaban J connectivity index is 2.45. The van der Waals surface area contributed by atoms with Crippen molar-refractivity contribution in [1.29, 1.82) is 0 Å². The minimum atomic E-state index is -0.814. The summed E-state index contributed by atoms with van der Waals surface area (Å²) in [5.41, 5.74) is 6.45.